The SMILES string of the molecule is CC#N.[Fe+2].[O-][Cl+3]([O-])([O-])[O-].[O-][Cl+3]([O-])([O-])[O-].c1ccc(OP2(Oc3ccccc3)=NP(Oc3ccccc3)(Oc3ccccc3)=N[P@](Oc3ccccc3)(Oc3cc(-c4ccccn4)nc(-c4ccccn4)c3)=N2)cc1.c1ccc(OP2(Oc3ccccc3)=N[P+](Oc3ccccc3)(Oc3ccccc3)N=[P@](Oc3ccccc3)(Oc3cc(-c4ccccn4)nc(-c4ccccn4)c3)[N-]2)cc1. The molecule has 2 aliphatic heterocycles. The van der Waals surface area contributed by atoms with Gasteiger partial charge in [-0.15, -0.1) is 20.5 Å². The largest absolute Gasteiger partial charge is 2.00 e. The Morgan fingerprint density at radius 2 is 0.425 bits per heavy atom. The van der Waals surface area contributed by atoms with Crippen LogP contribution >= 0.6 is 46.3 Å². The van der Waals surface area contributed by atoms with Crippen molar-refractivity contribution in [1.82, 2.24) is 29.9 Å². The molecule has 0 spiro atoms. The van der Waals surface area contributed by atoms with Crippen LogP contribution in [0.1, 0.15) is 6.92 Å². The van der Waals surface area contributed by atoms with Crippen LogP contribution in [0.15, 0.2) is 448 Å². The smallest absolute Gasteiger partial charge is 0.440 e. The van der Waals surface area contributed by atoms with Crippen molar-refractivity contribution >= 4 is 46.3 Å². The van der Waals surface area contributed by atoms with Gasteiger partial charge < -0.3 is 50.1 Å². The van der Waals surface area contributed by atoms with Crippen LogP contribution in [0.3, 0.4) is 0 Å². The van der Waals surface area contributed by atoms with Gasteiger partial charge in [0.1, 0.15) is 57.5 Å². The van der Waals surface area contributed by atoms with Crippen molar-refractivity contribution < 1.29 is 129 Å². The van der Waals surface area contributed by atoms with E-state index in [1.807, 2.05) is 255 Å². The molecule has 0 N–H and O–H groups in total. The van der Waals surface area contributed by atoms with Crippen LogP contribution in [-0.4, -0.2) is 29.9 Å². The van der Waals surface area contributed by atoms with Crippen LogP contribution in [0, 0.1) is 31.8 Å². The quantitative estimate of drug-likeness (QED) is 0.0324. The second-order valence-corrected chi connectivity index (χ2v) is 40.6. The number of rotatable bonds is 28. The predicted octanol–water partition coefficient (Wildman–Crippen LogP) is 18.8. The van der Waals surface area contributed by atoms with Gasteiger partial charge in [-0.05, 0) is 170 Å². The minimum atomic E-state index is -4.94. The Kier molecular flexibility index (Phi) is 34.2. The van der Waals surface area contributed by atoms with Crippen molar-refractivity contribution in [3.63, 3.8) is 0 Å². The van der Waals surface area contributed by atoms with Gasteiger partial charge in [0.05, 0.1) is 51.6 Å². The second-order valence-electron chi connectivity index (χ2n) is 26.7. The van der Waals surface area contributed by atoms with Gasteiger partial charge in [0.2, 0.25) is 0 Å². The van der Waals surface area contributed by atoms with Gasteiger partial charge >= 0.3 is 48.1 Å². The van der Waals surface area contributed by atoms with Crippen molar-refractivity contribution in [2.75, 3.05) is 0 Å². The molecule has 0 aliphatic carbocycles. The van der Waals surface area contributed by atoms with Crippen molar-refractivity contribution in [1.29, 1.82) is 5.26 Å². The average molecular weight is 1990 g/mol. The molecule has 6 aromatic heterocycles. The predicted molar refractivity (Wildman–Crippen MR) is 482 cm³/mol. The fraction of sp³-hybridized carbons (Fsp3) is 0.0109. The number of hydrogen-bond donors (Lipinski definition) is 0. The molecule has 0 bridgehead atoms. The number of aromatic nitrogens is 6. The normalized spacial score (nSPS) is 15.4. The van der Waals surface area contributed by atoms with E-state index in [2.05, 4.69) is 19.9 Å². The molecule has 0 radical (unpaired) electrons. The van der Waals surface area contributed by atoms with E-state index < -0.39 is 66.8 Å². The summed E-state index contributed by atoms with van der Waals surface area (Å²) < 4.78 is 178. The number of hydrogen-bond acceptors (Lipinski definition) is 32. The number of benzene rings is 10. The maximum Gasteiger partial charge on any atom is 2.00 e. The molecule has 42 heteroatoms. The minimum Gasteiger partial charge on any atom is -0.440 e. The van der Waals surface area contributed by atoms with Crippen molar-refractivity contribution in [2.45, 2.75) is 6.92 Å². The summed E-state index contributed by atoms with van der Waals surface area (Å²) in [6.45, 7) is 1.43. The van der Waals surface area contributed by atoms with Crippen LogP contribution in [0.5, 0.6) is 69.0 Å². The number of nitrogens with zero attached hydrogens (tertiary/aromatic N) is 13. The third kappa shape index (κ3) is 29.8. The fourth-order valence-electron chi connectivity index (χ4n) is 11.7. The molecule has 16 aromatic rings. The van der Waals surface area contributed by atoms with E-state index in [-0.39, 0.29) is 17.1 Å². The Labute approximate surface area is 785 Å². The molecule has 2 aliphatic rings. The molecule has 33 nitrogen and oxygen atoms in total. The molecule has 0 saturated heterocycles. The number of nitriles is 1. The Hall–Kier alpha value is -13.5. The summed E-state index contributed by atoms with van der Waals surface area (Å²) in [5.74, 6) is 4.76. The van der Waals surface area contributed by atoms with Gasteiger partial charge in [0.15, 0.2) is 11.5 Å². The first-order valence-electron chi connectivity index (χ1n) is 39.4. The minimum absolute atomic E-state index is 0. The molecular weight excluding hydrogens is 1920 g/mol. The monoisotopic (exact) mass is 1990 g/mol. The summed E-state index contributed by atoms with van der Waals surface area (Å²) >= 11 is 0. The Bertz CT molecular complexity index is 6380. The fourth-order valence-corrected chi connectivity index (χ4v) is 29.8. The van der Waals surface area contributed by atoms with Crippen LogP contribution in [-0.2, 0) is 17.1 Å². The average Bonchev–Trinajstić information content (AvgIpc) is 0.732. The summed E-state index contributed by atoms with van der Waals surface area (Å²) in [6.07, 6.45) is 6.80. The van der Waals surface area contributed by atoms with Crippen LogP contribution in [0.4, 0.5) is 0 Å². The first kappa shape index (κ1) is 98.0. The van der Waals surface area contributed by atoms with Gasteiger partial charge in [-0.25, -0.2) is 47.2 Å². The Balaban J connectivity index is 0.000000200. The van der Waals surface area contributed by atoms with E-state index in [1.165, 1.54) is 6.92 Å². The molecule has 134 heavy (non-hydrogen) atoms. The molecular formula is C92H73Cl2FeN13O20P6. The van der Waals surface area contributed by atoms with E-state index in [1.54, 1.807) is 176 Å². The first-order chi connectivity index (χ1) is 64.5. The number of para-hydroxylation sites is 10. The van der Waals surface area contributed by atoms with Crippen molar-refractivity contribution in [2.24, 2.45) is 22.6 Å². The molecule has 678 valence electrons. The van der Waals surface area contributed by atoms with E-state index in [0.29, 0.717) is 115 Å². The Morgan fingerprint density at radius 1 is 0.254 bits per heavy atom. The summed E-state index contributed by atoms with van der Waals surface area (Å²) in [5.41, 5.74) is 4.46. The zero-order chi connectivity index (χ0) is 92.7. The Morgan fingerprint density at radius 3 is 0.627 bits per heavy atom. The molecule has 18 rings (SSSR count). The molecule has 0 saturated carbocycles. The zero-order valence-corrected chi connectivity index (χ0v) is 77.7. The second kappa shape index (κ2) is 46.7. The van der Waals surface area contributed by atoms with Gasteiger partial charge in [-0.2, -0.15) is 5.26 Å². The molecule has 0 amide bonds. The van der Waals surface area contributed by atoms with Crippen molar-refractivity contribution in [3.05, 3.63) is 430 Å². The first-order valence-corrected chi connectivity index (χ1v) is 51.0. The van der Waals surface area contributed by atoms with E-state index >= 15 is 0 Å². The molecule has 0 fully saturated rings. The van der Waals surface area contributed by atoms with E-state index in [0.717, 1.165) is 0 Å². The van der Waals surface area contributed by atoms with Crippen LogP contribution < -0.4 is 91.6 Å². The molecule has 0 unspecified atom stereocenters. The summed E-state index contributed by atoms with van der Waals surface area (Å²) in [4.78, 5) is 33.6. The maximum absolute atomic E-state index is 8.49. The van der Waals surface area contributed by atoms with E-state index in [4.69, 9.17) is 134 Å². The third-order valence-electron chi connectivity index (χ3n) is 16.8. The van der Waals surface area contributed by atoms with Gasteiger partial charge in [0.25, 0.3) is 15.3 Å². The summed E-state index contributed by atoms with van der Waals surface area (Å²) in [6, 6.07) is 123. The summed E-state index contributed by atoms with van der Waals surface area (Å²) in [5, 5.41) is 7.32. The molecule has 8 heterocycles. The molecule has 2 atom stereocenters. The van der Waals surface area contributed by atoms with Gasteiger partial charge in [-0.1, -0.05) is 220 Å². The topological polar surface area (TPSA) is 472 Å². The van der Waals surface area contributed by atoms with Crippen LogP contribution in [0.25, 0.3) is 50.4 Å². The van der Waals surface area contributed by atoms with Crippen molar-refractivity contribution in [3.8, 4) is 121 Å². The van der Waals surface area contributed by atoms with Gasteiger partial charge in [-0.3, -0.25) is 29.0 Å². The number of halogens is 2. The van der Waals surface area contributed by atoms with Gasteiger partial charge in [0, 0.05) is 65.0 Å². The standard InChI is InChI=1S/2C45H35N6O6P3.C2H3N.2ClHO4.Fe/c2*1-6-20-36(21-7-1)52-58(53-37-22-8-2-9-23-37)49-59(54-38-24-10-3-11-25-38,55-39-26-12-4-13-27-39)51-60(50-58,56-40-28-14-5-15-29-40)57-41-34-44(42-30-16-18-32-46-42)48-45(35-41)43-31-17-19-33-47-43;1-2-3;2*2-1(3,4)5;/h2*1-35H;1H3;2*(H,2,3,4,5);/q;;;;;+2/p-2. The van der Waals surface area contributed by atoms with E-state index in [9.17, 15) is 0 Å². The maximum atomic E-state index is 8.49. The third-order valence-corrected chi connectivity index (χ3v) is 33.0. The van der Waals surface area contributed by atoms with Crippen LogP contribution in [0.2, 0.25) is 0 Å². The summed E-state index contributed by atoms with van der Waals surface area (Å²) in [7, 11) is -34.4. The zero-order valence-electron chi connectivity index (χ0n) is 69.7. The number of pyridine rings is 6. The molecule has 10 aromatic carbocycles.